The number of likely N-dealkylation sites (tertiary alicyclic amines) is 1. The van der Waals surface area contributed by atoms with Crippen molar-refractivity contribution in [3.05, 3.63) is 0 Å². The lowest BCUT2D eigenvalue weighted by Crippen LogP contribution is -2.71. The Hall–Kier alpha value is -0.0800. The molecule has 1 aliphatic carbocycles. The smallest absolute Gasteiger partial charge is 0.191 e. The van der Waals surface area contributed by atoms with Crippen molar-refractivity contribution in [2.75, 3.05) is 32.8 Å². The number of hydrogen-bond donors (Lipinski definition) is 2. The molecule has 2 aliphatic heterocycles. The first-order valence-electron chi connectivity index (χ1n) is 10.5. The molecule has 3 fully saturated rings. The lowest BCUT2D eigenvalue weighted by Gasteiger charge is -2.60. The summed E-state index contributed by atoms with van der Waals surface area (Å²) in [5.74, 6) is 1.65. The van der Waals surface area contributed by atoms with E-state index >= 15 is 0 Å². The van der Waals surface area contributed by atoms with E-state index < -0.39 is 0 Å². The predicted octanol–water partition coefficient (Wildman–Crippen LogP) is 3.24. The number of nitrogens with zero attached hydrogens (tertiary/aromatic N) is 2. The van der Waals surface area contributed by atoms with Crippen LogP contribution in [0.3, 0.4) is 0 Å². The largest absolute Gasteiger partial charge is 0.377 e. The van der Waals surface area contributed by atoms with Gasteiger partial charge in [-0.15, -0.1) is 24.0 Å². The molecule has 152 valence electrons. The second-order valence-corrected chi connectivity index (χ2v) is 8.62. The van der Waals surface area contributed by atoms with E-state index in [4.69, 9.17) is 9.73 Å². The Kier molecular flexibility index (Phi) is 8.47. The molecule has 26 heavy (non-hydrogen) atoms. The van der Waals surface area contributed by atoms with Crippen molar-refractivity contribution in [1.29, 1.82) is 0 Å². The van der Waals surface area contributed by atoms with Crippen LogP contribution in [-0.4, -0.2) is 61.8 Å². The van der Waals surface area contributed by atoms with Crippen molar-refractivity contribution in [3.63, 3.8) is 0 Å². The average Bonchev–Trinajstić information content (AvgIpc) is 2.61. The Balaban J connectivity index is 0.00000243. The van der Waals surface area contributed by atoms with E-state index in [1.165, 1.54) is 51.7 Å². The highest BCUT2D eigenvalue weighted by Gasteiger charge is 2.58. The molecule has 2 heterocycles. The van der Waals surface area contributed by atoms with Crippen molar-refractivity contribution in [3.8, 4) is 0 Å². The van der Waals surface area contributed by atoms with Crippen molar-refractivity contribution in [2.24, 2.45) is 16.3 Å². The number of ether oxygens (including phenoxy) is 1. The maximum absolute atomic E-state index is 6.04. The number of piperidine rings is 1. The first kappa shape index (κ1) is 22.2. The van der Waals surface area contributed by atoms with E-state index in [0.717, 1.165) is 19.1 Å². The molecule has 0 amide bonds. The maximum Gasteiger partial charge on any atom is 0.191 e. The number of aliphatic imine (C=N–C) groups is 1. The SMILES string of the molecule is CCCN1CCC(NC(=NCC)NC2C3CCCOC3C2(C)C)CC1.I. The van der Waals surface area contributed by atoms with Gasteiger partial charge >= 0.3 is 0 Å². The summed E-state index contributed by atoms with van der Waals surface area (Å²) >= 11 is 0. The molecule has 0 bridgehead atoms. The minimum absolute atomic E-state index is 0. The summed E-state index contributed by atoms with van der Waals surface area (Å²) in [6.45, 7) is 14.5. The van der Waals surface area contributed by atoms with Gasteiger partial charge in [0.25, 0.3) is 0 Å². The van der Waals surface area contributed by atoms with Crippen LogP contribution in [0.25, 0.3) is 0 Å². The molecule has 1 saturated carbocycles. The maximum atomic E-state index is 6.04. The topological polar surface area (TPSA) is 48.9 Å². The summed E-state index contributed by atoms with van der Waals surface area (Å²) < 4.78 is 6.04. The standard InChI is InChI=1S/C20H38N4O.HI/c1-5-11-24-12-9-15(10-13-24)22-19(21-6-2)23-17-16-8-7-14-25-18(16)20(17,3)4;/h15-18H,5-14H2,1-4H3,(H2,21,22,23);1H. The highest BCUT2D eigenvalue weighted by molar-refractivity contribution is 14.0. The van der Waals surface area contributed by atoms with Gasteiger partial charge in [-0.05, 0) is 45.6 Å². The van der Waals surface area contributed by atoms with Crippen LogP contribution in [0.4, 0.5) is 0 Å². The monoisotopic (exact) mass is 478 g/mol. The minimum atomic E-state index is 0. The lowest BCUT2D eigenvalue weighted by molar-refractivity contribution is -0.188. The van der Waals surface area contributed by atoms with E-state index in [0.29, 0.717) is 24.1 Å². The zero-order chi connectivity index (χ0) is 17.9. The van der Waals surface area contributed by atoms with Gasteiger partial charge in [0.05, 0.1) is 6.10 Å². The Morgan fingerprint density at radius 1 is 1.15 bits per heavy atom. The zero-order valence-corrected chi connectivity index (χ0v) is 19.4. The molecular weight excluding hydrogens is 439 g/mol. The van der Waals surface area contributed by atoms with Crippen molar-refractivity contribution in [1.82, 2.24) is 15.5 Å². The van der Waals surface area contributed by atoms with E-state index in [2.05, 4.69) is 43.2 Å². The van der Waals surface area contributed by atoms with Crippen LogP contribution in [0.1, 0.15) is 59.8 Å². The second kappa shape index (κ2) is 9.92. The molecule has 3 atom stereocenters. The molecule has 6 heteroatoms. The van der Waals surface area contributed by atoms with Crippen molar-refractivity contribution >= 4 is 29.9 Å². The number of nitrogens with one attached hydrogen (secondary N) is 2. The molecular formula is C20H39IN4O. The Morgan fingerprint density at radius 3 is 2.54 bits per heavy atom. The van der Waals surface area contributed by atoms with Crippen LogP contribution in [0.15, 0.2) is 4.99 Å². The number of rotatable bonds is 5. The van der Waals surface area contributed by atoms with E-state index in [-0.39, 0.29) is 29.4 Å². The van der Waals surface area contributed by atoms with Gasteiger partial charge in [0, 0.05) is 49.7 Å². The molecule has 3 rings (SSSR count). The molecule has 3 aliphatic rings. The number of hydrogen-bond acceptors (Lipinski definition) is 3. The van der Waals surface area contributed by atoms with Gasteiger partial charge in [-0.3, -0.25) is 4.99 Å². The van der Waals surface area contributed by atoms with Crippen molar-refractivity contribution < 1.29 is 4.74 Å². The summed E-state index contributed by atoms with van der Waals surface area (Å²) in [5.41, 5.74) is 0.186. The van der Waals surface area contributed by atoms with Crippen LogP contribution in [-0.2, 0) is 4.74 Å². The third-order valence-corrected chi connectivity index (χ3v) is 6.41. The fourth-order valence-corrected chi connectivity index (χ4v) is 5.06. The van der Waals surface area contributed by atoms with Crippen LogP contribution in [0.5, 0.6) is 0 Å². The Morgan fingerprint density at radius 2 is 1.88 bits per heavy atom. The van der Waals surface area contributed by atoms with E-state index in [9.17, 15) is 0 Å². The van der Waals surface area contributed by atoms with Gasteiger partial charge in [0.1, 0.15) is 0 Å². The quantitative estimate of drug-likeness (QED) is 0.362. The van der Waals surface area contributed by atoms with E-state index in [1.54, 1.807) is 0 Å². The van der Waals surface area contributed by atoms with Crippen LogP contribution >= 0.6 is 24.0 Å². The highest BCUT2D eigenvalue weighted by Crippen LogP contribution is 2.51. The third-order valence-electron chi connectivity index (χ3n) is 6.41. The van der Waals surface area contributed by atoms with Gasteiger partial charge < -0.3 is 20.3 Å². The van der Waals surface area contributed by atoms with Gasteiger partial charge in [-0.2, -0.15) is 0 Å². The minimum Gasteiger partial charge on any atom is -0.377 e. The molecule has 0 aromatic heterocycles. The molecule has 0 spiro atoms. The summed E-state index contributed by atoms with van der Waals surface area (Å²) in [4.78, 5) is 7.32. The molecule has 0 aromatic rings. The van der Waals surface area contributed by atoms with Gasteiger partial charge in [-0.1, -0.05) is 20.8 Å². The molecule has 5 nitrogen and oxygen atoms in total. The Labute approximate surface area is 177 Å². The first-order valence-corrected chi connectivity index (χ1v) is 10.5. The van der Waals surface area contributed by atoms with Gasteiger partial charge in [-0.25, -0.2) is 0 Å². The fraction of sp³-hybridized carbons (Fsp3) is 0.950. The third kappa shape index (κ3) is 4.85. The normalized spacial score (nSPS) is 32.2. The highest BCUT2D eigenvalue weighted by atomic mass is 127. The zero-order valence-electron chi connectivity index (χ0n) is 17.1. The Bertz CT molecular complexity index is 463. The predicted molar refractivity (Wildman–Crippen MR) is 119 cm³/mol. The summed E-state index contributed by atoms with van der Waals surface area (Å²) in [6.07, 6.45) is 6.57. The van der Waals surface area contributed by atoms with Crippen molar-refractivity contribution in [2.45, 2.75) is 78.0 Å². The summed E-state index contributed by atoms with van der Waals surface area (Å²) in [6, 6.07) is 1.02. The number of guanidine groups is 1. The summed E-state index contributed by atoms with van der Waals surface area (Å²) in [5, 5.41) is 7.50. The first-order chi connectivity index (χ1) is 12.1. The van der Waals surface area contributed by atoms with Crippen LogP contribution in [0.2, 0.25) is 0 Å². The molecule has 2 saturated heterocycles. The molecule has 2 N–H and O–H groups in total. The van der Waals surface area contributed by atoms with Crippen LogP contribution in [0, 0.1) is 11.3 Å². The number of fused-ring (bicyclic) bond motifs is 1. The number of halogens is 1. The van der Waals surface area contributed by atoms with Gasteiger partial charge in [0.15, 0.2) is 5.96 Å². The molecule has 3 unspecified atom stereocenters. The van der Waals surface area contributed by atoms with E-state index in [1.807, 2.05) is 0 Å². The molecule has 0 aromatic carbocycles. The lowest BCUT2D eigenvalue weighted by atomic mass is 9.55. The van der Waals surface area contributed by atoms with Gasteiger partial charge in [0.2, 0.25) is 0 Å². The average molecular weight is 478 g/mol. The molecule has 0 radical (unpaired) electrons. The fourth-order valence-electron chi connectivity index (χ4n) is 5.06. The second-order valence-electron chi connectivity index (χ2n) is 8.62. The van der Waals surface area contributed by atoms with Crippen LogP contribution < -0.4 is 10.6 Å². The summed E-state index contributed by atoms with van der Waals surface area (Å²) in [7, 11) is 0.